The van der Waals surface area contributed by atoms with Gasteiger partial charge in [0.05, 0.1) is 0 Å². The van der Waals surface area contributed by atoms with Crippen molar-refractivity contribution in [3.63, 3.8) is 0 Å². The van der Waals surface area contributed by atoms with Crippen LogP contribution in [-0.4, -0.2) is 42.4 Å². The lowest BCUT2D eigenvalue weighted by molar-refractivity contribution is -0.000565. The van der Waals surface area contributed by atoms with E-state index in [4.69, 9.17) is 4.74 Å². The summed E-state index contributed by atoms with van der Waals surface area (Å²) in [5, 5.41) is 11.6. The quantitative estimate of drug-likeness (QED) is 0.937. The number of hydrogen-bond donors (Lipinski definition) is 1. The molecule has 0 bridgehead atoms. The van der Waals surface area contributed by atoms with E-state index in [2.05, 4.69) is 9.88 Å². The van der Waals surface area contributed by atoms with Crippen LogP contribution in [0.3, 0.4) is 0 Å². The van der Waals surface area contributed by atoms with E-state index in [0.29, 0.717) is 11.2 Å². The van der Waals surface area contributed by atoms with Crippen LogP contribution in [0.1, 0.15) is 23.2 Å². The second-order valence-corrected chi connectivity index (χ2v) is 7.29. The molecule has 0 radical (unpaired) electrons. The zero-order valence-corrected chi connectivity index (χ0v) is 13.5. The number of pyridine rings is 1. The molecule has 2 saturated heterocycles. The Labute approximate surface area is 138 Å². The fourth-order valence-corrected chi connectivity index (χ4v) is 4.19. The van der Waals surface area contributed by atoms with E-state index in [-0.39, 0.29) is 5.56 Å². The summed E-state index contributed by atoms with van der Waals surface area (Å²) in [7, 11) is 0. The summed E-state index contributed by atoms with van der Waals surface area (Å²) in [4.78, 5) is 19.3. The molecule has 0 unspecified atom stereocenters. The van der Waals surface area contributed by atoms with Crippen LogP contribution in [0.4, 0.5) is 5.82 Å². The summed E-state index contributed by atoms with van der Waals surface area (Å²) in [5.41, 5.74) is 1.45. The van der Waals surface area contributed by atoms with Crippen LogP contribution < -0.4 is 4.90 Å². The van der Waals surface area contributed by atoms with Crippen LogP contribution in [0.25, 0.3) is 10.4 Å². The molecule has 5 nitrogen and oxygen atoms in total. The Hall–Kier alpha value is -1.92. The number of hydrogen-bond acceptors (Lipinski definition) is 5. The first-order valence-corrected chi connectivity index (χ1v) is 8.65. The molecule has 0 aliphatic carbocycles. The number of anilines is 1. The predicted molar refractivity (Wildman–Crippen MR) is 89.2 cm³/mol. The minimum absolute atomic E-state index is 0.290. The zero-order chi connectivity index (χ0) is 15.9. The van der Waals surface area contributed by atoms with Gasteiger partial charge in [-0.25, -0.2) is 9.78 Å². The summed E-state index contributed by atoms with van der Waals surface area (Å²) in [5.74, 6) is -0.325. The fourth-order valence-electron chi connectivity index (χ4n) is 3.48. The van der Waals surface area contributed by atoms with Crippen molar-refractivity contribution < 1.29 is 14.6 Å². The Morgan fingerprint density at radius 1 is 1.35 bits per heavy atom. The van der Waals surface area contributed by atoms with E-state index in [1.807, 2.05) is 17.5 Å². The highest BCUT2D eigenvalue weighted by Crippen LogP contribution is 2.42. The molecule has 2 fully saturated rings. The third kappa shape index (κ3) is 2.62. The van der Waals surface area contributed by atoms with Crippen molar-refractivity contribution in [2.75, 3.05) is 31.2 Å². The van der Waals surface area contributed by atoms with Crippen LogP contribution in [0, 0.1) is 5.41 Å². The Kier molecular flexibility index (Phi) is 3.58. The molecule has 0 atom stereocenters. The molecule has 2 aromatic heterocycles. The standard InChI is InChI=1S/C17H18N2O3S/c20-16(21)13-8-12(14-2-1-7-23-14)9-18-15(13)19-10-17(11-19)3-5-22-6-4-17/h1-2,7-9H,3-6,10-11H2,(H,20,21). The van der Waals surface area contributed by atoms with Gasteiger partial charge in [0.1, 0.15) is 11.4 Å². The molecule has 0 aromatic carbocycles. The number of carbonyl (C=O) groups is 1. The van der Waals surface area contributed by atoms with Gasteiger partial charge in [-0.05, 0) is 30.4 Å². The number of carboxylic acids is 1. The zero-order valence-electron chi connectivity index (χ0n) is 12.7. The summed E-state index contributed by atoms with van der Waals surface area (Å²) < 4.78 is 5.43. The number of nitrogens with zero attached hydrogens (tertiary/aromatic N) is 2. The number of ether oxygens (including phenoxy) is 1. The topological polar surface area (TPSA) is 62.7 Å². The molecule has 4 heterocycles. The number of carboxylic acid groups (broad SMARTS) is 1. The van der Waals surface area contributed by atoms with Gasteiger partial charge in [0.2, 0.25) is 0 Å². The van der Waals surface area contributed by atoms with Crippen molar-refractivity contribution in [1.82, 2.24) is 4.98 Å². The first kappa shape index (κ1) is 14.7. The molecule has 0 saturated carbocycles. The third-order valence-electron chi connectivity index (χ3n) is 4.81. The Bertz CT molecular complexity index is 715. The Morgan fingerprint density at radius 2 is 2.13 bits per heavy atom. The molecule has 0 amide bonds. The molecule has 4 rings (SSSR count). The number of aromatic nitrogens is 1. The minimum Gasteiger partial charge on any atom is -0.478 e. The molecule has 1 spiro atoms. The highest BCUT2D eigenvalue weighted by molar-refractivity contribution is 7.13. The molecular formula is C17H18N2O3S. The SMILES string of the molecule is O=C(O)c1cc(-c2cccs2)cnc1N1CC2(CCOCC2)C1. The Balaban J connectivity index is 1.60. The molecule has 23 heavy (non-hydrogen) atoms. The van der Waals surface area contributed by atoms with E-state index in [1.54, 1.807) is 23.6 Å². The molecule has 2 aliphatic heterocycles. The lowest BCUT2D eigenvalue weighted by atomic mass is 9.73. The predicted octanol–water partition coefficient (Wildman–Crippen LogP) is 3.13. The lowest BCUT2D eigenvalue weighted by Crippen LogP contribution is -2.59. The number of aromatic carboxylic acids is 1. The van der Waals surface area contributed by atoms with Crippen LogP contribution >= 0.6 is 11.3 Å². The minimum atomic E-state index is -0.918. The van der Waals surface area contributed by atoms with Crippen LogP contribution in [0.5, 0.6) is 0 Å². The molecule has 6 heteroatoms. The van der Waals surface area contributed by atoms with Gasteiger partial charge < -0.3 is 14.7 Å². The monoisotopic (exact) mass is 330 g/mol. The first-order chi connectivity index (χ1) is 11.2. The highest BCUT2D eigenvalue weighted by atomic mass is 32.1. The van der Waals surface area contributed by atoms with Gasteiger partial charge in [-0.2, -0.15) is 0 Å². The molecule has 2 aromatic rings. The number of rotatable bonds is 3. The number of thiophene rings is 1. The summed E-state index contributed by atoms with van der Waals surface area (Å²) in [6, 6.07) is 5.68. The van der Waals surface area contributed by atoms with Gasteiger partial charge in [0.25, 0.3) is 0 Å². The maximum Gasteiger partial charge on any atom is 0.339 e. The normalized spacial score (nSPS) is 19.6. The molecular weight excluding hydrogens is 312 g/mol. The smallest absolute Gasteiger partial charge is 0.339 e. The summed E-state index contributed by atoms with van der Waals surface area (Å²) >= 11 is 1.59. The van der Waals surface area contributed by atoms with Crippen LogP contribution in [-0.2, 0) is 4.74 Å². The Morgan fingerprint density at radius 3 is 2.78 bits per heavy atom. The van der Waals surface area contributed by atoms with Gasteiger partial charge in [-0.15, -0.1) is 11.3 Å². The van der Waals surface area contributed by atoms with Gasteiger partial charge >= 0.3 is 5.97 Å². The van der Waals surface area contributed by atoms with Gasteiger partial charge in [-0.3, -0.25) is 0 Å². The lowest BCUT2D eigenvalue weighted by Gasteiger charge is -2.53. The van der Waals surface area contributed by atoms with Gasteiger partial charge in [0, 0.05) is 48.4 Å². The second kappa shape index (κ2) is 5.62. The average molecular weight is 330 g/mol. The van der Waals surface area contributed by atoms with E-state index in [9.17, 15) is 9.90 Å². The van der Waals surface area contributed by atoms with Gasteiger partial charge in [0.15, 0.2) is 0 Å². The highest BCUT2D eigenvalue weighted by Gasteiger charge is 2.45. The van der Waals surface area contributed by atoms with E-state index >= 15 is 0 Å². The van der Waals surface area contributed by atoms with Crippen molar-refractivity contribution in [2.45, 2.75) is 12.8 Å². The largest absolute Gasteiger partial charge is 0.478 e. The fraction of sp³-hybridized carbons (Fsp3) is 0.412. The van der Waals surface area contributed by atoms with Gasteiger partial charge in [-0.1, -0.05) is 6.07 Å². The van der Waals surface area contributed by atoms with Crippen molar-refractivity contribution in [1.29, 1.82) is 0 Å². The van der Waals surface area contributed by atoms with E-state index < -0.39 is 5.97 Å². The van der Waals surface area contributed by atoms with Crippen LogP contribution in [0.15, 0.2) is 29.8 Å². The molecule has 120 valence electrons. The first-order valence-electron chi connectivity index (χ1n) is 7.77. The van der Waals surface area contributed by atoms with Crippen LogP contribution in [0.2, 0.25) is 0 Å². The average Bonchev–Trinajstić information content (AvgIpc) is 3.07. The summed E-state index contributed by atoms with van der Waals surface area (Å²) in [6.45, 7) is 3.37. The molecule has 2 aliphatic rings. The van der Waals surface area contributed by atoms with Crippen molar-refractivity contribution in [3.8, 4) is 10.4 Å². The van der Waals surface area contributed by atoms with E-state index in [1.165, 1.54) is 0 Å². The van der Waals surface area contributed by atoms with Crippen molar-refractivity contribution >= 4 is 23.1 Å². The summed E-state index contributed by atoms with van der Waals surface area (Å²) in [6.07, 6.45) is 3.89. The third-order valence-corrected chi connectivity index (χ3v) is 5.73. The second-order valence-electron chi connectivity index (χ2n) is 6.35. The van der Waals surface area contributed by atoms with Crippen molar-refractivity contribution in [2.24, 2.45) is 5.41 Å². The van der Waals surface area contributed by atoms with E-state index in [0.717, 1.165) is 49.6 Å². The van der Waals surface area contributed by atoms with Crippen molar-refractivity contribution in [3.05, 3.63) is 35.3 Å². The maximum absolute atomic E-state index is 11.7. The maximum atomic E-state index is 11.7. The molecule has 1 N–H and O–H groups in total.